The highest BCUT2D eigenvalue weighted by molar-refractivity contribution is 6.31. The largest absolute Gasteiger partial charge is 0.298 e. The van der Waals surface area contributed by atoms with Crippen LogP contribution in [0.2, 0.25) is 0 Å². The fourth-order valence-electron chi connectivity index (χ4n) is 1.15. The molecule has 0 saturated heterocycles. The van der Waals surface area contributed by atoms with Crippen molar-refractivity contribution in [2.24, 2.45) is 5.92 Å². The molecule has 0 bridgehead atoms. The Morgan fingerprint density at radius 3 is 2.78 bits per heavy atom. The summed E-state index contributed by atoms with van der Waals surface area (Å²) in [5, 5.41) is -0.186. The topological polar surface area (TPSA) is 17.1 Å². The van der Waals surface area contributed by atoms with E-state index in [4.69, 9.17) is 11.6 Å². The Labute approximate surface area is 60.4 Å². The van der Waals surface area contributed by atoms with Crippen molar-refractivity contribution in [1.29, 1.82) is 0 Å². The predicted molar refractivity (Wildman–Crippen MR) is 37.7 cm³/mol. The maximum Gasteiger partial charge on any atom is 0.150 e. The number of alkyl halides is 1. The molecule has 2 unspecified atom stereocenters. The first-order chi connectivity index (χ1) is 4.20. The molecule has 2 atom stereocenters. The first-order valence-corrected chi connectivity index (χ1v) is 3.80. The lowest BCUT2D eigenvalue weighted by Crippen LogP contribution is -2.23. The number of hydrogen-bond acceptors (Lipinski definition) is 1. The Balaban J connectivity index is 2.44. The molecule has 1 aliphatic carbocycles. The highest BCUT2D eigenvalue weighted by atomic mass is 35.5. The summed E-state index contributed by atoms with van der Waals surface area (Å²) in [5.41, 5.74) is 0. The normalized spacial score (nSPS) is 36.9. The van der Waals surface area contributed by atoms with E-state index in [1.807, 2.05) is 0 Å². The van der Waals surface area contributed by atoms with Gasteiger partial charge in [-0.2, -0.15) is 0 Å². The van der Waals surface area contributed by atoms with Gasteiger partial charge in [-0.15, -0.1) is 11.6 Å². The van der Waals surface area contributed by atoms with Crippen LogP contribution in [0.1, 0.15) is 26.2 Å². The van der Waals surface area contributed by atoms with Crippen molar-refractivity contribution in [2.75, 3.05) is 0 Å². The van der Waals surface area contributed by atoms with E-state index in [1.165, 1.54) is 0 Å². The molecule has 0 aliphatic heterocycles. The number of halogens is 1. The third kappa shape index (κ3) is 1.68. The van der Waals surface area contributed by atoms with Gasteiger partial charge in [-0.3, -0.25) is 4.79 Å². The molecule has 0 aromatic heterocycles. The van der Waals surface area contributed by atoms with Crippen LogP contribution in [0.5, 0.6) is 0 Å². The average molecular weight is 147 g/mol. The lowest BCUT2D eigenvalue weighted by atomic mass is 9.90. The zero-order valence-corrected chi connectivity index (χ0v) is 6.32. The minimum absolute atomic E-state index is 0.186. The summed E-state index contributed by atoms with van der Waals surface area (Å²) in [7, 11) is 0. The molecule has 0 aromatic carbocycles. The second kappa shape index (κ2) is 2.70. The van der Waals surface area contributed by atoms with Gasteiger partial charge in [-0.05, 0) is 18.8 Å². The smallest absolute Gasteiger partial charge is 0.150 e. The van der Waals surface area contributed by atoms with Crippen molar-refractivity contribution < 1.29 is 4.79 Å². The highest BCUT2D eigenvalue weighted by Gasteiger charge is 2.23. The molecule has 0 radical (unpaired) electrons. The van der Waals surface area contributed by atoms with Crippen molar-refractivity contribution in [3.05, 3.63) is 0 Å². The van der Waals surface area contributed by atoms with Crippen LogP contribution in [0.15, 0.2) is 0 Å². The summed E-state index contributed by atoms with van der Waals surface area (Å²) in [6.07, 6.45) is 2.60. The van der Waals surface area contributed by atoms with Gasteiger partial charge in [-0.1, -0.05) is 6.92 Å². The van der Waals surface area contributed by atoms with E-state index in [-0.39, 0.29) is 11.2 Å². The molecule has 0 N–H and O–H groups in total. The zero-order chi connectivity index (χ0) is 6.85. The van der Waals surface area contributed by atoms with Gasteiger partial charge in [0.1, 0.15) is 0 Å². The second-order valence-electron chi connectivity index (χ2n) is 2.81. The fourth-order valence-corrected chi connectivity index (χ4v) is 1.56. The molecular formula is C7H11ClO. The second-order valence-corrected chi connectivity index (χ2v) is 3.34. The van der Waals surface area contributed by atoms with Crippen molar-refractivity contribution in [3.63, 3.8) is 0 Å². The minimum Gasteiger partial charge on any atom is -0.298 e. The van der Waals surface area contributed by atoms with Gasteiger partial charge in [-0.25, -0.2) is 0 Å². The molecule has 1 aliphatic rings. The van der Waals surface area contributed by atoms with Crippen LogP contribution < -0.4 is 0 Å². The molecule has 0 spiro atoms. The minimum atomic E-state index is -0.186. The summed E-state index contributed by atoms with van der Waals surface area (Å²) in [4.78, 5) is 10.8. The SMILES string of the molecule is CC1CCC(=O)C(Cl)C1. The van der Waals surface area contributed by atoms with Crippen molar-refractivity contribution in [3.8, 4) is 0 Å². The monoisotopic (exact) mass is 146 g/mol. The third-order valence-corrected chi connectivity index (χ3v) is 2.26. The van der Waals surface area contributed by atoms with Gasteiger partial charge in [0.05, 0.1) is 5.38 Å². The van der Waals surface area contributed by atoms with Gasteiger partial charge >= 0.3 is 0 Å². The molecule has 0 heterocycles. The van der Waals surface area contributed by atoms with Gasteiger partial charge in [0.15, 0.2) is 5.78 Å². The van der Waals surface area contributed by atoms with Gasteiger partial charge in [0.25, 0.3) is 0 Å². The van der Waals surface area contributed by atoms with E-state index < -0.39 is 0 Å². The Bertz CT molecular complexity index is 122. The quantitative estimate of drug-likeness (QED) is 0.478. The van der Waals surface area contributed by atoms with Crippen molar-refractivity contribution in [1.82, 2.24) is 0 Å². The molecule has 1 fully saturated rings. The molecule has 52 valence electrons. The Hall–Kier alpha value is -0.0400. The average Bonchev–Trinajstić information content (AvgIpc) is 1.80. The molecule has 0 amide bonds. The fraction of sp³-hybridized carbons (Fsp3) is 0.857. The molecule has 1 saturated carbocycles. The molecule has 9 heavy (non-hydrogen) atoms. The summed E-state index contributed by atoms with van der Waals surface area (Å²) < 4.78 is 0. The van der Waals surface area contributed by atoms with Gasteiger partial charge in [0, 0.05) is 6.42 Å². The van der Waals surface area contributed by atoms with Crippen LogP contribution >= 0.6 is 11.6 Å². The number of Topliss-reactive ketones (excluding diaryl/α,β-unsaturated/α-hetero) is 1. The lowest BCUT2D eigenvalue weighted by Gasteiger charge is -2.20. The summed E-state index contributed by atoms with van der Waals surface area (Å²) >= 11 is 5.71. The van der Waals surface area contributed by atoms with Crippen LogP contribution in [-0.2, 0) is 4.79 Å². The summed E-state index contributed by atoms with van der Waals surface area (Å²) in [6, 6.07) is 0. The standard InChI is InChI=1S/C7H11ClO/c1-5-2-3-7(9)6(8)4-5/h5-6H,2-4H2,1H3. The van der Waals surface area contributed by atoms with E-state index in [0.29, 0.717) is 12.3 Å². The van der Waals surface area contributed by atoms with E-state index in [2.05, 4.69) is 6.92 Å². The van der Waals surface area contributed by atoms with Crippen LogP contribution in [-0.4, -0.2) is 11.2 Å². The van der Waals surface area contributed by atoms with E-state index in [0.717, 1.165) is 12.8 Å². The molecule has 1 rings (SSSR count). The number of rotatable bonds is 0. The number of hydrogen-bond donors (Lipinski definition) is 0. The van der Waals surface area contributed by atoms with Crippen LogP contribution in [0.25, 0.3) is 0 Å². The number of carbonyl (C=O) groups excluding carboxylic acids is 1. The van der Waals surface area contributed by atoms with Crippen LogP contribution in [0.4, 0.5) is 0 Å². The maximum absolute atomic E-state index is 10.8. The first kappa shape index (κ1) is 7.07. The summed E-state index contributed by atoms with van der Waals surface area (Å²) in [6.45, 7) is 2.14. The first-order valence-electron chi connectivity index (χ1n) is 3.37. The highest BCUT2D eigenvalue weighted by Crippen LogP contribution is 2.24. The lowest BCUT2D eigenvalue weighted by molar-refractivity contribution is -0.120. The predicted octanol–water partition coefficient (Wildman–Crippen LogP) is 1.98. The molecule has 1 nitrogen and oxygen atoms in total. The Morgan fingerprint density at radius 2 is 2.33 bits per heavy atom. The van der Waals surface area contributed by atoms with Crippen LogP contribution in [0, 0.1) is 5.92 Å². The van der Waals surface area contributed by atoms with Crippen molar-refractivity contribution in [2.45, 2.75) is 31.6 Å². The molecule has 2 heteroatoms. The van der Waals surface area contributed by atoms with Crippen LogP contribution in [0.3, 0.4) is 0 Å². The number of carbonyl (C=O) groups is 1. The van der Waals surface area contributed by atoms with E-state index in [9.17, 15) is 4.79 Å². The van der Waals surface area contributed by atoms with Gasteiger partial charge < -0.3 is 0 Å². The Morgan fingerprint density at radius 1 is 1.67 bits per heavy atom. The third-order valence-electron chi connectivity index (χ3n) is 1.84. The van der Waals surface area contributed by atoms with E-state index >= 15 is 0 Å². The number of ketones is 1. The summed E-state index contributed by atoms with van der Waals surface area (Å²) in [5.74, 6) is 0.875. The van der Waals surface area contributed by atoms with E-state index in [1.54, 1.807) is 0 Å². The zero-order valence-electron chi connectivity index (χ0n) is 5.56. The Kier molecular flexibility index (Phi) is 2.12. The van der Waals surface area contributed by atoms with Crippen molar-refractivity contribution >= 4 is 17.4 Å². The molecule has 0 aromatic rings. The van der Waals surface area contributed by atoms with Gasteiger partial charge in [0.2, 0.25) is 0 Å². The molecular weight excluding hydrogens is 136 g/mol. The maximum atomic E-state index is 10.8.